The van der Waals surface area contributed by atoms with Crippen molar-refractivity contribution < 1.29 is 0 Å². The molecule has 0 fully saturated rings. The van der Waals surface area contributed by atoms with Crippen molar-refractivity contribution in [3.8, 4) is 0 Å². The number of nitrogens with one attached hydrogen (secondary N) is 1. The highest BCUT2D eigenvalue weighted by Crippen LogP contribution is 2.09. The second kappa shape index (κ2) is 11.8. The van der Waals surface area contributed by atoms with Crippen molar-refractivity contribution in [1.82, 2.24) is 5.73 Å². The summed E-state index contributed by atoms with van der Waals surface area (Å²) in [7, 11) is 0. The molecule has 1 radical (unpaired) electrons. The summed E-state index contributed by atoms with van der Waals surface area (Å²) in [5.41, 5.74) is 7.38. The molecule has 0 aromatic rings. The molecule has 1 unspecified atom stereocenters. The van der Waals surface area contributed by atoms with Gasteiger partial charge in [-0.05, 0) is 32.6 Å². The van der Waals surface area contributed by atoms with E-state index in [4.69, 9.17) is 5.73 Å². The second-order valence-electron chi connectivity index (χ2n) is 4.48. The van der Waals surface area contributed by atoms with E-state index in [0.717, 1.165) is 6.42 Å². The van der Waals surface area contributed by atoms with Crippen molar-refractivity contribution in [1.29, 1.82) is 0 Å². The lowest BCUT2D eigenvalue weighted by Crippen LogP contribution is -2.00. The molecule has 0 aromatic carbocycles. The van der Waals surface area contributed by atoms with Crippen LogP contribution in [0.1, 0.15) is 71.6 Å². The average molecular weight is 210 g/mol. The average Bonchev–Trinajstić information content (AvgIpc) is 2.20. The summed E-state index contributed by atoms with van der Waals surface area (Å²) in [5.74, 6) is 0. The first kappa shape index (κ1) is 14.7. The zero-order valence-electron chi connectivity index (χ0n) is 10.6. The minimum atomic E-state index is 0.143. The number of allylic oxidation sites excluding steroid dienone is 2. The summed E-state index contributed by atoms with van der Waals surface area (Å²) in [6.07, 6.45) is 16.1. The monoisotopic (exact) mass is 210 g/mol. The summed E-state index contributed by atoms with van der Waals surface area (Å²) < 4.78 is 0. The van der Waals surface area contributed by atoms with E-state index >= 15 is 0 Å². The number of hydrogen-bond acceptors (Lipinski definition) is 0. The Morgan fingerprint density at radius 3 is 2.13 bits per heavy atom. The smallest absolute Gasteiger partial charge is 0.0184 e. The van der Waals surface area contributed by atoms with E-state index in [0.29, 0.717) is 0 Å². The number of unbranched alkanes of at least 4 members (excludes halogenated alkanes) is 6. The van der Waals surface area contributed by atoms with Gasteiger partial charge in [-0.15, -0.1) is 0 Å². The largest absolute Gasteiger partial charge is 0.255 e. The van der Waals surface area contributed by atoms with E-state index in [1.165, 1.54) is 51.4 Å². The van der Waals surface area contributed by atoms with E-state index in [-0.39, 0.29) is 6.04 Å². The first-order valence-electron chi connectivity index (χ1n) is 6.63. The van der Waals surface area contributed by atoms with Crippen molar-refractivity contribution >= 4 is 0 Å². The van der Waals surface area contributed by atoms with Crippen molar-refractivity contribution in [2.24, 2.45) is 0 Å². The second-order valence-corrected chi connectivity index (χ2v) is 4.48. The summed E-state index contributed by atoms with van der Waals surface area (Å²) in [6.45, 7) is 4.17. The Kier molecular flexibility index (Phi) is 11.5. The Morgan fingerprint density at radius 2 is 1.53 bits per heavy atom. The van der Waals surface area contributed by atoms with Crippen LogP contribution in [0, 0.1) is 0 Å². The van der Waals surface area contributed by atoms with E-state index in [9.17, 15) is 0 Å². The Bertz CT molecular complexity index is 138. The highest BCUT2D eigenvalue weighted by molar-refractivity contribution is 4.79. The van der Waals surface area contributed by atoms with Crippen LogP contribution in [-0.2, 0) is 0 Å². The molecule has 0 saturated heterocycles. The fourth-order valence-electron chi connectivity index (χ4n) is 1.70. The van der Waals surface area contributed by atoms with Crippen LogP contribution in [0.15, 0.2) is 12.2 Å². The molecular formula is C14H28N. The van der Waals surface area contributed by atoms with Gasteiger partial charge in [0, 0.05) is 6.04 Å². The molecule has 0 aliphatic heterocycles. The first-order valence-corrected chi connectivity index (χ1v) is 6.63. The molecular weight excluding hydrogens is 182 g/mol. The normalized spacial score (nSPS) is 13.5. The predicted molar refractivity (Wildman–Crippen MR) is 68.9 cm³/mol. The highest BCUT2D eigenvalue weighted by atomic mass is 14.6. The van der Waals surface area contributed by atoms with Gasteiger partial charge in [0.25, 0.3) is 0 Å². The Labute approximate surface area is 96.1 Å². The maximum Gasteiger partial charge on any atom is 0.0184 e. The summed E-state index contributed by atoms with van der Waals surface area (Å²) in [4.78, 5) is 0. The van der Waals surface area contributed by atoms with E-state index in [1.54, 1.807) is 0 Å². The molecule has 0 amide bonds. The fraction of sp³-hybridized carbons (Fsp3) is 0.857. The Morgan fingerprint density at radius 1 is 0.933 bits per heavy atom. The van der Waals surface area contributed by atoms with Gasteiger partial charge in [0.2, 0.25) is 0 Å². The molecule has 0 spiro atoms. The van der Waals surface area contributed by atoms with Crippen LogP contribution in [0.5, 0.6) is 0 Å². The van der Waals surface area contributed by atoms with Gasteiger partial charge >= 0.3 is 0 Å². The maximum absolute atomic E-state index is 7.38. The third-order valence-corrected chi connectivity index (χ3v) is 2.66. The van der Waals surface area contributed by atoms with E-state index in [2.05, 4.69) is 19.1 Å². The van der Waals surface area contributed by atoms with Crippen LogP contribution in [0.2, 0.25) is 0 Å². The molecule has 1 atom stereocenters. The van der Waals surface area contributed by atoms with Gasteiger partial charge in [0.1, 0.15) is 0 Å². The summed E-state index contributed by atoms with van der Waals surface area (Å²) in [6, 6.07) is 0.143. The van der Waals surface area contributed by atoms with Gasteiger partial charge in [-0.2, -0.15) is 0 Å². The van der Waals surface area contributed by atoms with Gasteiger partial charge in [-0.25, -0.2) is 0 Å². The van der Waals surface area contributed by atoms with E-state index < -0.39 is 0 Å². The molecule has 0 aromatic heterocycles. The van der Waals surface area contributed by atoms with Crippen molar-refractivity contribution in [3.63, 3.8) is 0 Å². The standard InChI is InChI=1S/C14H28N/c1-3-4-5-6-7-8-9-10-11-12-13-14(2)15/h4-5,14-15H,3,6-13H2,1-2H3/b5-4+. The molecule has 0 bridgehead atoms. The quantitative estimate of drug-likeness (QED) is 0.367. The third kappa shape index (κ3) is 13.7. The van der Waals surface area contributed by atoms with Crippen LogP contribution < -0.4 is 5.73 Å². The lowest BCUT2D eigenvalue weighted by Gasteiger charge is -2.03. The number of rotatable bonds is 10. The lowest BCUT2D eigenvalue weighted by molar-refractivity contribution is 0.544. The maximum atomic E-state index is 7.38. The molecule has 0 saturated carbocycles. The topological polar surface area (TPSA) is 23.8 Å². The third-order valence-electron chi connectivity index (χ3n) is 2.66. The van der Waals surface area contributed by atoms with Crippen LogP contribution in [0.25, 0.3) is 0 Å². The number of hydrogen-bond donors (Lipinski definition) is 0. The molecule has 0 aliphatic rings. The molecule has 1 nitrogen and oxygen atoms in total. The van der Waals surface area contributed by atoms with Crippen molar-refractivity contribution in [3.05, 3.63) is 12.2 Å². The predicted octanol–water partition coefficient (Wildman–Crippen LogP) is 4.74. The van der Waals surface area contributed by atoms with Gasteiger partial charge in [-0.1, -0.05) is 51.2 Å². The zero-order chi connectivity index (χ0) is 11.4. The van der Waals surface area contributed by atoms with E-state index in [1.807, 2.05) is 6.92 Å². The molecule has 0 rings (SSSR count). The van der Waals surface area contributed by atoms with Crippen molar-refractivity contribution in [2.75, 3.05) is 0 Å². The lowest BCUT2D eigenvalue weighted by atomic mass is 10.1. The molecule has 0 aliphatic carbocycles. The van der Waals surface area contributed by atoms with Crippen LogP contribution in [0.4, 0.5) is 0 Å². The minimum Gasteiger partial charge on any atom is -0.255 e. The van der Waals surface area contributed by atoms with Crippen LogP contribution in [-0.4, -0.2) is 6.04 Å². The fourth-order valence-corrected chi connectivity index (χ4v) is 1.70. The van der Waals surface area contributed by atoms with Crippen LogP contribution >= 0.6 is 0 Å². The van der Waals surface area contributed by atoms with Gasteiger partial charge in [0.05, 0.1) is 0 Å². The Balaban J connectivity index is 2.96. The molecule has 89 valence electrons. The first-order chi connectivity index (χ1) is 7.27. The summed E-state index contributed by atoms with van der Waals surface area (Å²) >= 11 is 0. The van der Waals surface area contributed by atoms with Gasteiger partial charge in [-0.3, -0.25) is 5.73 Å². The zero-order valence-corrected chi connectivity index (χ0v) is 10.6. The molecule has 1 N–H and O–H groups in total. The highest BCUT2D eigenvalue weighted by Gasteiger charge is 1.94. The van der Waals surface area contributed by atoms with Crippen LogP contribution in [0.3, 0.4) is 0 Å². The van der Waals surface area contributed by atoms with Gasteiger partial charge < -0.3 is 0 Å². The molecule has 0 heterocycles. The summed E-state index contributed by atoms with van der Waals surface area (Å²) in [5, 5.41) is 0. The Hall–Kier alpha value is -0.300. The SMILES string of the molecule is CC/C=C/CCCCCCCCC(C)[NH]. The molecule has 1 heteroatoms. The molecule has 15 heavy (non-hydrogen) atoms. The van der Waals surface area contributed by atoms with Crippen molar-refractivity contribution in [2.45, 2.75) is 77.7 Å². The minimum absolute atomic E-state index is 0.143. The van der Waals surface area contributed by atoms with Gasteiger partial charge in [0.15, 0.2) is 0 Å².